The molecule has 2 rings (SSSR count). The molecule has 0 bridgehead atoms. The minimum absolute atomic E-state index is 0.556. The molecule has 0 saturated heterocycles. The molecule has 17 heavy (non-hydrogen) atoms. The molecule has 1 aliphatic rings. The van der Waals surface area contributed by atoms with Crippen LogP contribution in [0.5, 0.6) is 0 Å². The second-order valence-corrected chi connectivity index (χ2v) is 5.65. The van der Waals surface area contributed by atoms with Crippen LogP contribution < -0.4 is 5.32 Å². The van der Waals surface area contributed by atoms with E-state index in [1.54, 1.807) is 0 Å². The lowest BCUT2D eigenvalue weighted by Gasteiger charge is -2.24. The Hall–Kier alpha value is -0.830. The second kappa shape index (κ2) is 5.21. The maximum atomic E-state index is 4.41. The van der Waals surface area contributed by atoms with Gasteiger partial charge in [-0.1, -0.05) is 13.8 Å². The molecular formula is C14H25N3. The molecule has 0 aromatic carbocycles. The van der Waals surface area contributed by atoms with Gasteiger partial charge in [0.2, 0.25) is 0 Å². The molecule has 1 aliphatic carbocycles. The van der Waals surface area contributed by atoms with E-state index in [1.165, 1.54) is 31.5 Å². The summed E-state index contributed by atoms with van der Waals surface area (Å²) in [5.74, 6) is 1.21. The summed E-state index contributed by atoms with van der Waals surface area (Å²) in [6.45, 7) is 5.79. The number of aromatic nitrogens is 2. The van der Waals surface area contributed by atoms with E-state index in [2.05, 4.69) is 35.8 Å². The Bertz CT molecular complexity index is 352. The van der Waals surface area contributed by atoms with E-state index in [0.29, 0.717) is 11.5 Å². The summed E-state index contributed by atoms with van der Waals surface area (Å²) in [5, 5.41) is 3.72. The number of imidazole rings is 1. The molecular weight excluding hydrogens is 210 g/mol. The van der Waals surface area contributed by atoms with Crippen LogP contribution in [0.4, 0.5) is 0 Å². The Balaban J connectivity index is 1.87. The van der Waals surface area contributed by atoms with Gasteiger partial charge in [-0.2, -0.15) is 0 Å². The van der Waals surface area contributed by atoms with Gasteiger partial charge in [-0.15, -0.1) is 0 Å². The predicted octanol–water partition coefficient (Wildman–Crippen LogP) is 2.52. The van der Waals surface area contributed by atoms with Gasteiger partial charge in [0.05, 0.1) is 0 Å². The highest BCUT2D eigenvalue weighted by molar-refractivity contribution is 5.01. The fraction of sp³-hybridized carbons (Fsp3) is 0.786. The highest BCUT2D eigenvalue weighted by atomic mass is 15.0. The lowest BCUT2D eigenvalue weighted by Crippen LogP contribution is -2.37. The van der Waals surface area contributed by atoms with Gasteiger partial charge in [-0.3, -0.25) is 0 Å². The molecule has 1 aromatic rings. The Labute approximate surface area is 105 Å². The first-order chi connectivity index (χ1) is 8.15. The average molecular weight is 235 g/mol. The molecule has 3 heteroatoms. The number of hydrogen-bond acceptors (Lipinski definition) is 2. The highest BCUT2D eigenvalue weighted by Gasteiger charge is 2.44. The Morgan fingerprint density at radius 2 is 2.29 bits per heavy atom. The van der Waals surface area contributed by atoms with Gasteiger partial charge >= 0.3 is 0 Å². The molecule has 0 amide bonds. The molecule has 0 radical (unpaired) electrons. The van der Waals surface area contributed by atoms with Crippen molar-refractivity contribution in [2.24, 2.45) is 12.5 Å². The van der Waals surface area contributed by atoms with Crippen LogP contribution >= 0.6 is 0 Å². The van der Waals surface area contributed by atoms with Crippen molar-refractivity contribution >= 4 is 0 Å². The normalized spacial score (nSPS) is 19.2. The molecule has 1 fully saturated rings. The SMILES string of the molecule is CCCNC(CCc1nccn1C)C1(C)CC1. The Morgan fingerprint density at radius 1 is 1.53 bits per heavy atom. The summed E-state index contributed by atoms with van der Waals surface area (Å²) in [4.78, 5) is 4.41. The van der Waals surface area contributed by atoms with Gasteiger partial charge in [-0.25, -0.2) is 4.98 Å². The van der Waals surface area contributed by atoms with E-state index in [0.717, 1.165) is 13.0 Å². The third kappa shape index (κ3) is 3.09. The van der Waals surface area contributed by atoms with Gasteiger partial charge in [0.25, 0.3) is 0 Å². The van der Waals surface area contributed by atoms with Crippen molar-refractivity contribution in [2.45, 2.75) is 52.0 Å². The van der Waals surface area contributed by atoms with Crippen LogP contribution in [0.1, 0.15) is 45.4 Å². The number of hydrogen-bond donors (Lipinski definition) is 1. The zero-order valence-electron chi connectivity index (χ0n) is 11.4. The third-order valence-corrected chi connectivity index (χ3v) is 4.10. The number of aryl methyl sites for hydroxylation is 2. The van der Waals surface area contributed by atoms with Gasteiger partial charge < -0.3 is 9.88 Å². The summed E-state index contributed by atoms with van der Waals surface area (Å²) >= 11 is 0. The molecule has 1 saturated carbocycles. The van der Waals surface area contributed by atoms with E-state index in [4.69, 9.17) is 0 Å². The Kier molecular flexibility index (Phi) is 3.87. The van der Waals surface area contributed by atoms with Crippen LogP contribution in [0.2, 0.25) is 0 Å². The van der Waals surface area contributed by atoms with Gasteiger partial charge in [0.1, 0.15) is 5.82 Å². The summed E-state index contributed by atoms with van der Waals surface area (Å²) < 4.78 is 2.13. The molecule has 3 nitrogen and oxygen atoms in total. The lowest BCUT2D eigenvalue weighted by atomic mass is 9.94. The third-order valence-electron chi connectivity index (χ3n) is 4.10. The Morgan fingerprint density at radius 3 is 2.82 bits per heavy atom. The summed E-state index contributed by atoms with van der Waals surface area (Å²) in [5.41, 5.74) is 0.556. The van der Waals surface area contributed by atoms with Gasteiger partial charge in [0, 0.05) is 31.9 Å². The lowest BCUT2D eigenvalue weighted by molar-refractivity contribution is 0.335. The number of nitrogens with zero attached hydrogens (tertiary/aromatic N) is 2. The van der Waals surface area contributed by atoms with Crippen molar-refractivity contribution in [3.8, 4) is 0 Å². The largest absolute Gasteiger partial charge is 0.338 e. The standard InChI is InChI=1S/C14H25N3/c1-4-9-15-12(14(2)7-8-14)5-6-13-16-10-11-17(13)3/h10-12,15H,4-9H2,1-3H3. The van der Waals surface area contributed by atoms with Crippen molar-refractivity contribution < 1.29 is 0 Å². The summed E-state index contributed by atoms with van der Waals surface area (Å²) in [7, 11) is 2.08. The monoisotopic (exact) mass is 235 g/mol. The maximum Gasteiger partial charge on any atom is 0.108 e. The smallest absolute Gasteiger partial charge is 0.108 e. The van der Waals surface area contributed by atoms with Crippen molar-refractivity contribution in [1.82, 2.24) is 14.9 Å². The molecule has 1 heterocycles. The first kappa shape index (κ1) is 12.6. The molecule has 1 aromatic heterocycles. The fourth-order valence-corrected chi connectivity index (χ4v) is 2.47. The molecule has 0 spiro atoms. The number of rotatable bonds is 7. The van der Waals surface area contributed by atoms with Crippen molar-refractivity contribution in [2.75, 3.05) is 6.54 Å². The predicted molar refractivity (Wildman–Crippen MR) is 71.0 cm³/mol. The fourth-order valence-electron chi connectivity index (χ4n) is 2.47. The van der Waals surface area contributed by atoms with Crippen molar-refractivity contribution in [1.29, 1.82) is 0 Å². The van der Waals surface area contributed by atoms with Crippen molar-refractivity contribution in [3.05, 3.63) is 18.2 Å². The molecule has 1 N–H and O–H groups in total. The maximum absolute atomic E-state index is 4.41. The first-order valence-electron chi connectivity index (χ1n) is 6.85. The van der Waals surface area contributed by atoms with E-state index < -0.39 is 0 Å². The van der Waals surface area contributed by atoms with Gasteiger partial charge in [-0.05, 0) is 37.6 Å². The van der Waals surface area contributed by atoms with E-state index in [-0.39, 0.29) is 0 Å². The molecule has 1 atom stereocenters. The van der Waals surface area contributed by atoms with E-state index in [1.807, 2.05) is 12.4 Å². The molecule has 1 unspecified atom stereocenters. The van der Waals surface area contributed by atoms with Crippen LogP contribution in [0.15, 0.2) is 12.4 Å². The van der Waals surface area contributed by atoms with Crippen LogP contribution in [-0.2, 0) is 13.5 Å². The summed E-state index contributed by atoms with van der Waals surface area (Å²) in [6.07, 6.45) is 10.2. The minimum atomic E-state index is 0.556. The second-order valence-electron chi connectivity index (χ2n) is 5.65. The topological polar surface area (TPSA) is 29.9 Å². The van der Waals surface area contributed by atoms with E-state index >= 15 is 0 Å². The summed E-state index contributed by atoms with van der Waals surface area (Å²) in [6, 6.07) is 0.666. The van der Waals surface area contributed by atoms with Crippen LogP contribution in [0, 0.1) is 5.41 Å². The molecule has 0 aliphatic heterocycles. The quantitative estimate of drug-likeness (QED) is 0.787. The first-order valence-corrected chi connectivity index (χ1v) is 6.85. The zero-order valence-corrected chi connectivity index (χ0v) is 11.4. The molecule has 96 valence electrons. The number of nitrogens with one attached hydrogen (secondary N) is 1. The van der Waals surface area contributed by atoms with Crippen LogP contribution in [-0.4, -0.2) is 22.1 Å². The average Bonchev–Trinajstić information content (AvgIpc) is 2.92. The zero-order chi connectivity index (χ0) is 12.3. The van der Waals surface area contributed by atoms with E-state index in [9.17, 15) is 0 Å². The highest BCUT2D eigenvalue weighted by Crippen LogP contribution is 2.49. The van der Waals surface area contributed by atoms with Gasteiger partial charge in [0.15, 0.2) is 0 Å². The van der Waals surface area contributed by atoms with Crippen molar-refractivity contribution in [3.63, 3.8) is 0 Å². The van der Waals surface area contributed by atoms with Crippen LogP contribution in [0.25, 0.3) is 0 Å². The minimum Gasteiger partial charge on any atom is -0.338 e. The van der Waals surface area contributed by atoms with Crippen LogP contribution in [0.3, 0.4) is 0 Å².